The van der Waals surface area contributed by atoms with Gasteiger partial charge in [0.1, 0.15) is 23.0 Å². The zero-order valence-corrected chi connectivity index (χ0v) is 23.2. The highest BCUT2D eigenvalue weighted by molar-refractivity contribution is 7.84. The number of methoxy groups -OCH3 is 1. The van der Waals surface area contributed by atoms with E-state index in [4.69, 9.17) is 18.3 Å². The fraction of sp³-hybridized carbons (Fsp3) is 0.143. The van der Waals surface area contributed by atoms with E-state index in [1.54, 1.807) is 80.0 Å². The minimum Gasteiger partial charge on any atom is -0.496 e. The van der Waals surface area contributed by atoms with Crippen molar-refractivity contribution in [1.82, 2.24) is 15.0 Å². The van der Waals surface area contributed by atoms with Crippen LogP contribution in [-0.4, -0.2) is 26.3 Å². The van der Waals surface area contributed by atoms with Gasteiger partial charge in [-0.25, -0.2) is 4.98 Å². The zero-order chi connectivity index (χ0) is 27.4. The summed E-state index contributed by atoms with van der Waals surface area (Å²) in [7, 11) is -4.05. The molecule has 2 heterocycles. The molecule has 0 amide bonds. The smallest absolute Gasteiger partial charge is 0.496 e. The van der Waals surface area contributed by atoms with Gasteiger partial charge in [-0.3, -0.25) is 9.19 Å². The zero-order valence-electron chi connectivity index (χ0n) is 21.5. The van der Waals surface area contributed by atoms with Gasteiger partial charge < -0.3 is 23.3 Å². The number of aromatic nitrogens is 3. The number of para-hydroxylation sites is 2. The fourth-order valence-corrected chi connectivity index (χ4v) is 6.29. The number of aromatic amines is 1. The number of pyridine rings is 1. The maximum absolute atomic E-state index is 13.7. The molecule has 0 spiro atoms. The SMILES string of the molecule is COc1c(C)cnc(CS(=O)c2nc3ccc(OP(=O)(Oc4ccccc4)Oc4ccccc4)cc3[nH]2)c1C. The lowest BCUT2D eigenvalue weighted by molar-refractivity contribution is 0.298. The van der Waals surface area contributed by atoms with E-state index in [0.717, 1.165) is 16.9 Å². The van der Waals surface area contributed by atoms with Gasteiger partial charge in [0, 0.05) is 23.4 Å². The lowest BCUT2D eigenvalue weighted by atomic mass is 10.1. The molecule has 0 fully saturated rings. The number of rotatable bonds is 10. The van der Waals surface area contributed by atoms with Crippen molar-refractivity contribution in [2.75, 3.05) is 7.11 Å². The average Bonchev–Trinajstić information content (AvgIpc) is 3.35. The monoisotopic (exact) mass is 563 g/mol. The number of fused-ring (bicyclic) bond motifs is 1. The van der Waals surface area contributed by atoms with Crippen LogP contribution in [0.5, 0.6) is 23.0 Å². The van der Waals surface area contributed by atoms with Crippen molar-refractivity contribution in [2.24, 2.45) is 0 Å². The number of imidazole rings is 1. The minimum atomic E-state index is -4.15. The molecule has 0 aliphatic carbocycles. The first-order valence-corrected chi connectivity index (χ1v) is 14.8. The normalized spacial score (nSPS) is 12.2. The molecule has 5 rings (SSSR count). The quantitative estimate of drug-likeness (QED) is 0.191. The van der Waals surface area contributed by atoms with Gasteiger partial charge in [-0.2, -0.15) is 4.57 Å². The summed E-state index contributed by atoms with van der Waals surface area (Å²) < 4.78 is 49.5. The van der Waals surface area contributed by atoms with Crippen LogP contribution in [-0.2, 0) is 21.1 Å². The largest absolute Gasteiger partial charge is 0.647 e. The van der Waals surface area contributed by atoms with Gasteiger partial charge in [0.05, 0.1) is 40.4 Å². The van der Waals surface area contributed by atoms with Crippen LogP contribution in [0.1, 0.15) is 16.8 Å². The number of phosphoric acid groups is 1. The summed E-state index contributed by atoms with van der Waals surface area (Å²) in [5.74, 6) is 1.77. The third kappa shape index (κ3) is 6.13. The van der Waals surface area contributed by atoms with E-state index in [1.807, 2.05) is 26.0 Å². The first-order chi connectivity index (χ1) is 18.8. The Bertz CT molecular complexity index is 1630. The van der Waals surface area contributed by atoms with Crippen molar-refractivity contribution in [3.8, 4) is 23.0 Å². The Labute approximate surface area is 228 Å². The molecule has 2 aromatic heterocycles. The van der Waals surface area contributed by atoms with Crippen molar-refractivity contribution in [2.45, 2.75) is 24.8 Å². The summed E-state index contributed by atoms with van der Waals surface area (Å²) in [5, 5.41) is 0.284. The highest BCUT2D eigenvalue weighted by Gasteiger charge is 2.33. The van der Waals surface area contributed by atoms with Crippen LogP contribution in [0.2, 0.25) is 0 Å². The molecule has 11 heteroatoms. The Morgan fingerprint density at radius 3 is 2.10 bits per heavy atom. The molecule has 1 unspecified atom stereocenters. The van der Waals surface area contributed by atoms with E-state index in [2.05, 4.69) is 15.0 Å². The molecule has 9 nitrogen and oxygen atoms in total. The summed E-state index contributed by atoms with van der Waals surface area (Å²) in [5.41, 5.74) is 3.53. The van der Waals surface area contributed by atoms with Crippen LogP contribution in [0.3, 0.4) is 0 Å². The standard InChI is InChI=1S/C28H26N3O6PS/c1-19-17-29-26(20(2)27(19)34-3)18-39(33)28-30-24-15-14-23(16-25(24)31-28)37-38(32,35-21-10-6-4-7-11-21)36-22-12-8-5-9-13-22/h4-17H,18H2,1-3H3,(H,30,31). The van der Waals surface area contributed by atoms with E-state index in [1.165, 1.54) is 0 Å². The molecular weight excluding hydrogens is 537 g/mol. The second-order valence-electron chi connectivity index (χ2n) is 8.60. The molecular formula is C28H26N3O6PS. The number of phosphoric ester groups is 1. The number of benzene rings is 3. The van der Waals surface area contributed by atoms with Crippen LogP contribution in [0.15, 0.2) is 90.2 Å². The number of hydrogen-bond acceptors (Lipinski definition) is 8. The summed E-state index contributed by atoms with van der Waals surface area (Å²) in [4.78, 5) is 12.0. The van der Waals surface area contributed by atoms with Crippen LogP contribution in [0, 0.1) is 13.8 Å². The Morgan fingerprint density at radius 2 is 1.49 bits per heavy atom. The lowest BCUT2D eigenvalue weighted by Gasteiger charge is -2.19. The minimum absolute atomic E-state index is 0.163. The third-order valence-electron chi connectivity index (χ3n) is 5.80. The van der Waals surface area contributed by atoms with E-state index in [-0.39, 0.29) is 16.7 Å². The fourth-order valence-electron chi connectivity index (χ4n) is 3.94. The number of H-pyrrole nitrogens is 1. The Balaban J connectivity index is 1.39. The second kappa shape index (κ2) is 11.3. The Morgan fingerprint density at radius 1 is 0.872 bits per heavy atom. The van der Waals surface area contributed by atoms with Crippen molar-refractivity contribution in [3.63, 3.8) is 0 Å². The highest BCUT2D eigenvalue weighted by atomic mass is 32.2. The molecule has 5 aromatic rings. The van der Waals surface area contributed by atoms with E-state index >= 15 is 0 Å². The summed E-state index contributed by atoms with van der Waals surface area (Å²) in [6, 6.07) is 22.2. The Kier molecular flexibility index (Phi) is 7.67. The van der Waals surface area contributed by atoms with E-state index in [0.29, 0.717) is 28.2 Å². The van der Waals surface area contributed by atoms with Crippen molar-refractivity contribution >= 4 is 29.7 Å². The maximum atomic E-state index is 13.7. The predicted molar refractivity (Wildman–Crippen MR) is 149 cm³/mol. The topological polar surface area (TPSA) is 113 Å². The summed E-state index contributed by atoms with van der Waals surface area (Å²) in [6.45, 7) is 3.80. The maximum Gasteiger partial charge on any atom is 0.647 e. The number of hydrogen-bond donors (Lipinski definition) is 1. The molecule has 1 atom stereocenters. The number of aryl methyl sites for hydroxylation is 1. The molecule has 0 aliphatic rings. The van der Waals surface area contributed by atoms with E-state index < -0.39 is 18.6 Å². The predicted octanol–water partition coefficient (Wildman–Crippen LogP) is 6.54. The van der Waals surface area contributed by atoms with Gasteiger partial charge in [0.15, 0.2) is 5.16 Å². The molecule has 0 saturated heterocycles. The van der Waals surface area contributed by atoms with Crippen molar-refractivity contribution in [1.29, 1.82) is 0 Å². The average molecular weight is 564 g/mol. The number of ether oxygens (including phenoxy) is 1. The highest BCUT2D eigenvalue weighted by Crippen LogP contribution is 2.50. The van der Waals surface area contributed by atoms with Crippen molar-refractivity contribution < 1.29 is 27.1 Å². The third-order valence-corrected chi connectivity index (χ3v) is 8.27. The molecule has 200 valence electrons. The van der Waals surface area contributed by atoms with Gasteiger partial charge in [-0.05, 0) is 50.2 Å². The lowest BCUT2D eigenvalue weighted by Crippen LogP contribution is -2.07. The Hall–Kier alpha value is -4.14. The molecule has 1 N–H and O–H groups in total. The molecule has 39 heavy (non-hydrogen) atoms. The van der Waals surface area contributed by atoms with Gasteiger partial charge in [0.25, 0.3) is 0 Å². The van der Waals surface area contributed by atoms with Crippen LogP contribution in [0.25, 0.3) is 11.0 Å². The van der Waals surface area contributed by atoms with Gasteiger partial charge >= 0.3 is 7.82 Å². The molecule has 0 bridgehead atoms. The number of nitrogens with one attached hydrogen (secondary N) is 1. The molecule has 0 saturated carbocycles. The van der Waals surface area contributed by atoms with E-state index in [9.17, 15) is 8.77 Å². The number of nitrogens with zero attached hydrogens (tertiary/aromatic N) is 2. The molecule has 3 aromatic carbocycles. The first kappa shape index (κ1) is 26.5. The van der Waals surface area contributed by atoms with Gasteiger partial charge in [-0.15, -0.1) is 0 Å². The van der Waals surface area contributed by atoms with Gasteiger partial charge in [-0.1, -0.05) is 36.4 Å². The van der Waals surface area contributed by atoms with Crippen molar-refractivity contribution in [3.05, 3.63) is 102 Å². The van der Waals surface area contributed by atoms with Gasteiger partial charge in [0.2, 0.25) is 0 Å². The molecule has 0 radical (unpaired) electrons. The van der Waals surface area contributed by atoms with Crippen LogP contribution < -0.4 is 18.3 Å². The summed E-state index contributed by atoms with van der Waals surface area (Å²) >= 11 is 0. The van der Waals surface area contributed by atoms with Crippen LogP contribution >= 0.6 is 7.82 Å². The van der Waals surface area contributed by atoms with Crippen LogP contribution in [0.4, 0.5) is 0 Å². The summed E-state index contributed by atoms with van der Waals surface area (Å²) in [6.07, 6.45) is 1.70. The molecule has 0 aliphatic heterocycles. The second-order valence-corrected chi connectivity index (χ2v) is 11.4. The first-order valence-electron chi connectivity index (χ1n) is 12.0.